The van der Waals surface area contributed by atoms with Crippen molar-refractivity contribution >= 4 is 28.8 Å². The topological polar surface area (TPSA) is 90.6 Å². The van der Waals surface area contributed by atoms with Crippen LogP contribution in [0.1, 0.15) is 34.9 Å². The van der Waals surface area contributed by atoms with Crippen molar-refractivity contribution in [2.75, 3.05) is 0 Å². The summed E-state index contributed by atoms with van der Waals surface area (Å²) in [6, 6.07) is 23.7. The maximum atomic E-state index is 13.9. The molecule has 3 aromatic carbocycles. The first-order valence-electron chi connectivity index (χ1n) is 12.7. The number of para-hydroxylation sites is 1. The monoisotopic (exact) mass is 549 g/mol. The zero-order chi connectivity index (χ0) is 27.4. The Morgan fingerprint density at radius 1 is 0.975 bits per heavy atom. The number of thiazole rings is 1. The molecule has 2 aliphatic rings. The number of nitrogens with zero attached hydrogens (tertiary/aromatic N) is 3. The van der Waals surface area contributed by atoms with E-state index in [0.29, 0.717) is 26.4 Å². The van der Waals surface area contributed by atoms with Gasteiger partial charge < -0.3 is 4.42 Å². The van der Waals surface area contributed by atoms with Crippen LogP contribution in [0.25, 0.3) is 23.1 Å². The van der Waals surface area contributed by atoms with Crippen molar-refractivity contribution in [1.82, 2.24) is 4.57 Å². The smallest absolute Gasteiger partial charge is 0.280 e. The van der Waals surface area contributed by atoms with Crippen LogP contribution in [0.3, 0.4) is 0 Å². The van der Waals surface area contributed by atoms with Crippen LogP contribution in [0, 0.1) is 15.9 Å². The van der Waals surface area contributed by atoms with Gasteiger partial charge in [0.25, 0.3) is 11.2 Å². The van der Waals surface area contributed by atoms with E-state index in [0.717, 1.165) is 35.2 Å². The number of hydrogen-bond acceptors (Lipinski definition) is 6. The SMILES string of the molecule is O=c1/c(=C\c2ccc(-c3ccccc3[N+](=O)[O-])o2)sc2n1[C@@H](c1ccc(F)cc1)C1=C(N=2)c2ccccc2CC1. The number of benzene rings is 3. The fourth-order valence-electron chi connectivity index (χ4n) is 5.51. The molecular formula is C31H20FN3O4S. The molecule has 0 saturated heterocycles. The number of aromatic nitrogens is 1. The second-order valence-corrected chi connectivity index (χ2v) is 10.7. The minimum absolute atomic E-state index is 0.0621. The van der Waals surface area contributed by atoms with E-state index in [9.17, 15) is 19.3 Å². The van der Waals surface area contributed by atoms with Gasteiger partial charge in [0, 0.05) is 17.7 Å². The molecule has 3 heterocycles. The molecule has 5 aromatic rings. The number of nitro benzene ring substituents is 1. The highest BCUT2D eigenvalue weighted by Crippen LogP contribution is 2.41. The Morgan fingerprint density at radius 3 is 2.52 bits per heavy atom. The van der Waals surface area contributed by atoms with Gasteiger partial charge in [-0.25, -0.2) is 9.38 Å². The first-order valence-corrected chi connectivity index (χ1v) is 13.5. The standard InChI is InChI=1S/C31H20FN3O4S/c32-20-12-9-19(10-13-20)29-24-15-11-18-5-1-2-6-22(18)28(24)33-31-34(29)30(36)27(40-31)17-21-14-16-26(39-21)23-7-3-4-8-25(23)35(37)38/h1-10,12-14,16-17,29H,11,15H2/b27-17+/t29-/m0/s1. The predicted octanol–water partition coefficient (Wildman–Crippen LogP) is 5.63. The number of halogens is 1. The zero-order valence-electron chi connectivity index (χ0n) is 20.9. The number of rotatable bonds is 4. The number of aryl methyl sites for hydroxylation is 1. The first-order chi connectivity index (χ1) is 19.5. The summed E-state index contributed by atoms with van der Waals surface area (Å²) in [5.41, 5.74) is 5.03. The Labute approximate surface area is 230 Å². The summed E-state index contributed by atoms with van der Waals surface area (Å²) >= 11 is 1.25. The average molecular weight is 550 g/mol. The highest BCUT2D eigenvalue weighted by Gasteiger charge is 2.32. The van der Waals surface area contributed by atoms with Crippen LogP contribution in [-0.2, 0) is 6.42 Å². The Morgan fingerprint density at radius 2 is 1.73 bits per heavy atom. The highest BCUT2D eigenvalue weighted by molar-refractivity contribution is 7.07. The second-order valence-electron chi connectivity index (χ2n) is 9.64. The molecule has 7 nitrogen and oxygen atoms in total. The molecule has 7 rings (SSSR count). The van der Waals surface area contributed by atoms with E-state index in [-0.39, 0.29) is 17.1 Å². The molecule has 0 saturated carbocycles. The molecule has 0 unspecified atom stereocenters. The van der Waals surface area contributed by atoms with E-state index < -0.39 is 11.0 Å². The van der Waals surface area contributed by atoms with Gasteiger partial charge >= 0.3 is 0 Å². The molecule has 0 fully saturated rings. The van der Waals surface area contributed by atoms with Crippen molar-refractivity contribution in [1.29, 1.82) is 0 Å². The molecule has 1 atom stereocenters. The molecule has 0 radical (unpaired) electrons. The summed E-state index contributed by atoms with van der Waals surface area (Å²) < 4.78 is 21.9. The summed E-state index contributed by atoms with van der Waals surface area (Å²) in [6.07, 6.45) is 3.20. The van der Waals surface area contributed by atoms with Crippen molar-refractivity contribution in [3.63, 3.8) is 0 Å². The third-order valence-electron chi connectivity index (χ3n) is 7.33. The lowest BCUT2D eigenvalue weighted by Crippen LogP contribution is -2.38. The normalized spacial score (nSPS) is 16.2. The van der Waals surface area contributed by atoms with Crippen molar-refractivity contribution in [2.24, 2.45) is 4.99 Å². The fraction of sp³-hybridized carbons (Fsp3) is 0.0968. The Bertz CT molecular complexity index is 2040. The molecule has 196 valence electrons. The van der Waals surface area contributed by atoms with Crippen molar-refractivity contribution in [3.8, 4) is 11.3 Å². The van der Waals surface area contributed by atoms with Gasteiger partial charge in [-0.2, -0.15) is 0 Å². The van der Waals surface area contributed by atoms with Crippen LogP contribution in [-0.4, -0.2) is 9.49 Å². The van der Waals surface area contributed by atoms with Gasteiger partial charge in [-0.05, 0) is 59.9 Å². The summed E-state index contributed by atoms with van der Waals surface area (Å²) in [6.45, 7) is 0. The second kappa shape index (κ2) is 9.39. The summed E-state index contributed by atoms with van der Waals surface area (Å²) in [5, 5.41) is 11.5. The lowest BCUT2D eigenvalue weighted by Gasteiger charge is -2.30. The van der Waals surface area contributed by atoms with Crippen molar-refractivity contribution in [3.05, 3.63) is 149 Å². The molecule has 0 amide bonds. The Balaban J connectivity index is 1.39. The van der Waals surface area contributed by atoms with Crippen LogP contribution < -0.4 is 14.9 Å². The number of nitro groups is 1. The van der Waals surface area contributed by atoms with Crippen LogP contribution in [0.5, 0.6) is 0 Å². The lowest BCUT2D eigenvalue weighted by atomic mass is 9.83. The van der Waals surface area contributed by atoms with Gasteiger partial charge in [0.2, 0.25) is 0 Å². The maximum absolute atomic E-state index is 13.9. The van der Waals surface area contributed by atoms with E-state index in [1.54, 1.807) is 53.1 Å². The van der Waals surface area contributed by atoms with Crippen molar-refractivity contribution < 1.29 is 13.7 Å². The number of furan rings is 1. The van der Waals surface area contributed by atoms with Gasteiger partial charge in [-0.15, -0.1) is 0 Å². The highest BCUT2D eigenvalue weighted by atomic mass is 32.1. The fourth-order valence-corrected chi connectivity index (χ4v) is 6.49. The van der Waals surface area contributed by atoms with Crippen molar-refractivity contribution in [2.45, 2.75) is 18.9 Å². The number of allylic oxidation sites excluding steroid dienone is 1. The lowest BCUT2D eigenvalue weighted by molar-refractivity contribution is -0.384. The molecule has 0 spiro atoms. The molecule has 40 heavy (non-hydrogen) atoms. The van der Waals surface area contributed by atoms with E-state index in [1.165, 1.54) is 35.1 Å². The van der Waals surface area contributed by atoms with E-state index in [2.05, 4.69) is 12.1 Å². The number of hydrogen-bond donors (Lipinski definition) is 0. The quantitative estimate of drug-likeness (QED) is 0.215. The Kier molecular flexibility index (Phi) is 5.67. The van der Waals surface area contributed by atoms with Crippen LogP contribution in [0.2, 0.25) is 0 Å². The van der Waals surface area contributed by atoms with Crippen LogP contribution in [0.15, 0.2) is 105 Å². The minimum atomic E-state index is -0.453. The number of fused-ring (bicyclic) bond motifs is 3. The van der Waals surface area contributed by atoms with E-state index in [4.69, 9.17) is 9.41 Å². The molecule has 9 heteroatoms. The molecule has 0 N–H and O–H groups in total. The third-order valence-corrected chi connectivity index (χ3v) is 8.31. The molecule has 0 bridgehead atoms. The largest absolute Gasteiger partial charge is 0.456 e. The summed E-state index contributed by atoms with van der Waals surface area (Å²) in [5.74, 6) is 0.389. The summed E-state index contributed by atoms with van der Waals surface area (Å²) in [7, 11) is 0. The van der Waals surface area contributed by atoms with Gasteiger partial charge in [0.15, 0.2) is 4.80 Å². The van der Waals surface area contributed by atoms with Gasteiger partial charge in [0.1, 0.15) is 17.3 Å². The zero-order valence-corrected chi connectivity index (χ0v) is 21.7. The predicted molar refractivity (Wildman–Crippen MR) is 150 cm³/mol. The van der Waals surface area contributed by atoms with Crippen LogP contribution >= 0.6 is 11.3 Å². The molecular weight excluding hydrogens is 529 g/mol. The van der Waals surface area contributed by atoms with Gasteiger partial charge in [0.05, 0.1) is 26.8 Å². The maximum Gasteiger partial charge on any atom is 0.280 e. The molecule has 1 aliphatic heterocycles. The third kappa shape index (κ3) is 3.94. The van der Waals surface area contributed by atoms with E-state index in [1.807, 2.05) is 12.1 Å². The summed E-state index contributed by atoms with van der Waals surface area (Å²) in [4.78, 5) is 30.4. The Hall–Kier alpha value is -4.89. The van der Waals surface area contributed by atoms with E-state index >= 15 is 0 Å². The average Bonchev–Trinajstić information content (AvgIpc) is 3.56. The molecule has 1 aliphatic carbocycles. The van der Waals surface area contributed by atoms with Gasteiger partial charge in [-0.3, -0.25) is 19.5 Å². The first kappa shape index (κ1) is 24.2. The molecule has 2 aromatic heterocycles. The van der Waals surface area contributed by atoms with Gasteiger partial charge in [-0.1, -0.05) is 59.9 Å². The van der Waals surface area contributed by atoms with Crippen LogP contribution in [0.4, 0.5) is 10.1 Å². The minimum Gasteiger partial charge on any atom is -0.456 e.